The van der Waals surface area contributed by atoms with E-state index in [0.29, 0.717) is 6.42 Å². The summed E-state index contributed by atoms with van der Waals surface area (Å²) in [6, 6.07) is 0. The molecule has 0 aromatic heterocycles. The van der Waals surface area contributed by atoms with E-state index in [0.717, 1.165) is 17.6 Å². The second-order valence-corrected chi connectivity index (χ2v) is 2.41. The second kappa shape index (κ2) is 2.18. The molecule has 0 atom stereocenters. The molecule has 48 valence electrons. The Morgan fingerprint density at radius 3 is 2.67 bits per heavy atom. The highest BCUT2D eigenvalue weighted by molar-refractivity contribution is 5.96. The molecule has 1 heteroatoms. The highest BCUT2D eigenvalue weighted by Gasteiger charge is 2.09. The van der Waals surface area contributed by atoms with E-state index in [1.54, 1.807) is 0 Å². The average Bonchev–Trinajstić information content (AvgIpc) is 1.80. The molecule has 0 aromatic rings. The second-order valence-electron chi connectivity index (χ2n) is 2.41. The van der Waals surface area contributed by atoms with Gasteiger partial charge in [-0.2, -0.15) is 0 Å². The molecule has 1 aliphatic rings. The van der Waals surface area contributed by atoms with E-state index in [4.69, 9.17) is 0 Å². The molecule has 0 fully saturated rings. The largest absolute Gasteiger partial charge is 0.295 e. The first-order chi connectivity index (χ1) is 4.20. The van der Waals surface area contributed by atoms with Crippen LogP contribution in [0.1, 0.15) is 19.8 Å². The zero-order valence-electron chi connectivity index (χ0n) is 5.61. The van der Waals surface area contributed by atoms with Crippen LogP contribution >= 0.6 is 0 Å². The fourth-order valence-corrected chi connectivity index (χ4v) is 0.930. The number of allylic oxidation sites excluding steroid dienone is 3. The minimum absolute atomic E-state index is 0.266. The molecule has 0 unspecified atom stereocenters. The number of hydrogen-bond acceptors (Lipinski definition) is 1. The van der Waals surface area contributed by atoms with Crippen LogP contribution in [-0.2, 0) is 4.79 Å². The van der Waals surface area contributed by atoms with Crippen LogP contribution in [0.25, 0.3) is 0 Å². The Morgan fingerprint density at radius 1 is 1.56 bits per heavy atom. The van der Waals surface area contributed by atoms with Crippen molar-refractivity contribution in [1.82, 2.24) is 0 Å². The first-order valence-electron chi connectivity index (χ1n) is 3.09. The van der Waals surface area contributed by atoms with Gasteiger partial charge in [0, 0.05) is 6.42 Å². The molecule has 0 spiro atoms. The first-order valence-corrected chi connectivity index (χ1v) is 3.09. The highest BCUT2D eigenvalue weighted by Crippen LogP contribution is 2.16. The molecule has 0 heterocycles. The first kappa shape index (κ1) is 6.27. The predicted molar refractivity (Wildman–Crippen MR) is 37.1 cm³/mol. The Balaban J connectivity index is 2.84. The monoisotopic (exact) mass is 122 g/mol. The van der Waals surface area contributed by atoms with Gasteiger partial charge in [-0.3, -0.25) is 4.79 Å². The van der Waals surface area contributed by atoms with Gasteiger partial charge in [0.25, 0.3) is 0 Å². The lowest BCUT2D eigenvalue weighted by molar-refractivity contribution is -0.115. The summed E-state index contributed by atoms with van der Waals surface area (Å²) in [5, 5.41) is 0. The van der Waals surface area contributed by atoms with Gasteiger partial charge in [-0.05, 0) is 18.9 Å². The molecule has 1 aliphatic carbocycles. The van der Waals surface area contributed by atoms with Gasteiger partial charge in [-0.25, -0.2) is 0 Å². The summed E-state index contributed by atoms with van der Waals surface area (Å²) in [6.45, 7) is 5.61. The maximum absolute atomic E-state index is 10.8. The van der Waals surface area contributed by atoms with Gasteiger partial charge in [0.2, 0.25) is 0 Å². The molecule has 0 aromatic carbocycles. The Hall–Kier alpha value is -0.850. The van der Waals surface area contributed by atoms with E-state index in [2.05, 4.69) is 6.58 Å². The van der Waals surface area contributed by atoms with Gasteiger partial charge < -0.3 is 0 Å². The van der Waals surface area contributed by atoms with Crippen LogP contribution in [0.2, 0.25) is 0 Å². The van der Waals surface area contributed by atoms with Crippen molar-refractivity contribution in [2.75, 3.05) is 0 Å². The van der Waals surface area contributed by atoms with Crippen molar-refractivity contribution in [3.63, 3.8) is 0 Å². The summed E-state index contributed by atoms with van der Waals surface area (Å²) < 4.78 is 0. The lowest BCUT2D eigenvalue weighted by Crippen LogP contribution is -2.04. The van der Waals surface area contributed by atoms with Crippen molar-refractivity contribution < 1.29 is 4.79 Å². The minimum atomic E-state index is 0.266. The molecule has 1 nitrogen and oxygen atoms in total. The quantitative estimate of drug-likeness (QED) is 0.479. The van der Waals surface area contributed by atoms with E-state index in [1.807, 2.05) is 13.0 Å². The molecule has 0 amide bonds. The number of Topliss-reactive ketones (excluding diaryl/α,β-unsaturated/α-hetero) is 1. The Labute approximate surface area is 55.1 Å². The number of hydrogen-bond donors (Lipinski definition) is 0. The summed E-state index contributed by atoms with van der Waals surface area (Å²) in [4.78, 5) is 10.8. The van der Waals surface area contributed by atoms with Crippen molar-refractivity contribution in [3.05, 3.63) is 23.8 Å². The molecule has 1 rings (SSSR count). The molecule has 0 radical (unpaired) electrons. The lowest BCUT2D eigenvalue weighted by Gasteiger charge is -2.08. The van der Waals surface area contributed by atoms with Crippen molar-refractivity contribution >= 4 is 5.78 Å². The van der Waals surface area contributed by atoms with Crippen LogP contribution in [0.4, 0.5) is 0 Å². The van der Waals surface area contributed by atoms with Crippen LogP contribution in [0.15, 0.2) is 23.8 Å². The third-order valence-electron chi connectivity index (χ3n) is 1.53. The van der Waals surface area contributed by atoms with Gasteiger partial charge in [-0.1, -0.05) is 18.2 Å². The Morgan fingerprint density at radius 2 is 2.22 bits per heavy atom. The fraction of sp³-hybridized carbons (Fsp3) is 0.375. The standard InChI is InChI=1S/C8H10O/c1-6-3-4-8(9)7(2)5-6/h5H,1,3-4H2,2H3. The number of ketones is 1. The summed E-state index contributed by atoms with van der Waals surface area (Å²) in [7, 11) is 0. The molecule has 0 saturated heterocycles. The van der Waals surface area contributed by atoms with E-state index in [9.17, 15) is 4.79 Å². The van der Waals surface area contributed by atoms with Crippen molar-refractivity contribution in [2.45, 2.75) is 19.8 Å². The van der Waals surface area contributed by atoms with Crippen molar-refractivity contribution in [1.29, 1.82) is 0 Å². The van der Waals surface area contributed by atoms with E-state index < -0.39 is 0 Å². The summed E-state index contributed by atoms with van der Waals surface area (Å²) >= 11 is 0. The van der Waals surface area contributed by atoms with Crippen molar-refractivity contribution in [3.8, 4) is 0 Å². The predicted octanol–water partition coefficient (Wildman–Crippen LogP) is 1.85. The Bertz CT molecular complexity index is 187. The average molecular weight is 122 g/mol. The van der Waals surface area contributed by atoms with E-state index in [1.165, 1.54) is 0 Å². The summed E-state index contributed by atoms with van der Waals surface area (Å²) in [6.07, 6.45) is 3.36. The third kappa shape index (κ3) is 1.28. The van der Waals surface area contributed by atoms with E-state index >= 15 is 0 Å². The highest BCUT2D eigenvalue weighted by atomic mass is 16.1. The van der Waals surface area contributed by atoms with E-state index in [-0.39, 0.29) is 5.78 Å². The molecule has 9 heavy (non-hydrogen) atoms. The third-order valence-corrected chi connectivity index (χ3v) is 1.53. The zero-order valence-corrected chi connectivity index (χ0v) is 5.61. The summed E-state index contributed by atoms with van der Waals surface area (Å²) in [5.41, 5.74) is 1.93. The zero-order chi connectivity index (χ0) is 6.85. The molecule has 0 saturated carbocycles. The van der Waals surface area contributed by atoms with Gasteiger partial charge in [-0.15, -0.1) is 0 Å². The normalized spacial score (nSPS) is 19.9. The minimum Gasteiger partial charge on any atom is -0.295 e. The maximum atomic E-state index is 10.8. The summed E-state index contributed by atoms with van der Waals surface area (Å²) in [5.74, 6) is 0.266. The van der Waals surface area contributed by atoms with Gasteiger partial charge in [0.05, 0.1) is 0 Å². The fourth-order valence-electron chi connectivity index (χ4n) is 0.930. The van der Waals surface area contributed by atoms with Crippen LogP contribution in [0.5, 0.6) is 0 Å². The van der Waals surface area contributed by atoms with Gasteiger partial charge in [0.1, 0.15) is 0 Å². The van der Waals surface area contributed by atoms with Crippen LogP contribution in [0.3, 0.4) is 0 Å². The van der Waals surface area contributed by atoms with Crippen LogP contribution in [0, 0.1) is 0 Å². The molecular formula is C8H10O. The van der Waals surface area contributed by atoms with Gasteiger partial charge >= 0.3 is 0 Å². The van der Waals surface area contributed by atoms with Crippen LogP contribution < -0.4 is 0 Å². The SMILES string of the molecule is C=C1C=C(C)C(=O)CC1. The smallest absolute Gasteiger partial charge is 0.158 e. The van der Waals surface area contributed by atoms with Crippen LogP contribution in [-0.4, -0.2) is 5.78 Å². The molecule has 0 aliphatic heterocycles. The van der Waals surface area contributed by atoms with Gasteiger partial charge in [0.15, 0.2) is 5.78 Å². The molecular weight excluding hydrogens is 112 g/mol. The molecule has 0 bridgehead atoms. The molecule has 0 N–H and O–H groups in total. The topological polar surface area (TPSA) is 17.1 Å². The Kier molecular flexibility index (Phi) is 1.52. The number of rotatable bonds is 0. The lowest BCUT2D eigenvalue weighted by atomic mass is 9.96. The van der Waals surface area contributed by atoms with Crippen molar-refractivity contribution in [2.24, 2.45) is 0 Å². The number of carbonyl (C=O) groups excluding carboxylic acids is 1. The number of carbonyl (C=O) groups is 1. The maximum Gasteiger partial charge on any atom is 0.158 e.